The van der Waals surface area contributed by atoms with E-state index in [2.05, 4.69) is 26.6 Å². The zero-order valence-electron chi connectivity index (χ0n) is 47.8. The number of likely N-dealkylation sites (N-methyl/N-ethyl adjacent to an activating group) is 1. The van der Waals surface area contributed by atoms with Crippen molar-refractivity contribution in [3.05, 3.63) is 51.8 Å². The number of carbonyl (C=O) groups excluding carboxylic acids is 6. The Morgan fingerprint density at radius 2 is 1.21 bits per heavy atom. The van der Waals surface area contributed by atoms with Gasteiger partial charge in [-0.15, -0.1) is 0 Å². The van der Waals surface area contributed by atoms with Gasteiger partial charge in [0.15, 0.2) is 6.29 Å². The Morgan fingerprint density at radius 3 is 1.74 bits per heavy atom. The Morgan fingerprint density at radius 1 is 0.713 bits per heavy atom. The Balaban J connectivity index is 1.49. The third kappa shape index (κ3) is 18.6. The topological polar surface area (TPSA) is 373 Å². The maximum Gasteiger partial charge on any atom is 0.410 e. The molecule has 4 aliphatic rings. The van der Waals surface area contributed by atoms with E-state index in [1.165, 1.54) is 44.3 Å². The molecule has 2 aliphatic carbocycles. The van der Waals surface area contributed by atoms with Gasteiger partial charge in [-0.3, -0.25) is 14.9 Å². The molecule has 450 valence electrons. The van der Waals surface area contributed by atoms with Crippen LogP contribution >= 0.6 is 0 Å². The van der Waals surface area contributed by atoms with Gasteiger partial charge in [0.1, 0.15) is 70.4 Å². The van der Waals surface area contributed by atoms with Crippen molar-refractivity contribution in [2.45, 2.75) is 223 Å². The van der Waals surface area contributed by atoms with Crippen LogP contribution in [0.15, 0.2) is 36.1 Å². The Bertz CT molecular complexity index is 2410. The summed E-state index contributed by atoms with van der Waals surface area (Å²) in [6, 6.07) is -0.704. The molecule has 0 spiro atoms. The summed E-state index contributed by atoms with van der Waals surface area (Å²) in [5.74, 6) is -0.911. The second-order valence-corrected chi connectivity index (χ2v) is 24.6. The zero-order valence-corrected chi connectivity index (χ0v) is 47.8. The molecule has 1 saturated heterocycles. The summed E-state index contributed by atoms with van der Waals surface area (Å²) in [7, 11) is 1.29. The highest BCUT2D eigenvalue weighted by molar-refractivity contribution is 5.87. The van der Waals surface area contributed by atoms with Gasteiger partial charge in [-0.1, -0.05) is 0 Å². The molecule has 6 amide bonds. The molecule has 28 nitrogen and oxygen atoms in total. The first-order chi connectivity index (χ1) is 36.7. The first-order valence-corrected chi connectivity index (χ1v) is 26.2. The highest BCUT2D eigenvalue weighted by atomic mass is 16.7. The third-order valence-corrected chi connectivity index (χ3v) is 12.6. The number of alkyl carbamates (subject to hydrolysis) is 4. The molecule has 0 bridgehead atoms. The van der Waals surface area contributed by atoms with E-state index in [4.69, 9.17) is 42.6 Å². The van der Waals surface area contributed by atoms with Crippen LogP contribution in [0.3, 0.4) is 0 Å². The fourth-order valence-corrected chi connectivity index (χ4v) is 9.14. The van der Waals surface area contributed by atoms with Crippen molar-refractivity contribution >= 4 is 42.1 Å². The fourth-order valence-electron chi connectivity index (χ4n) is 9.14. The van der Waals surface area contributed by atoms with Gasteiger partial charge in [0, 0.05) is 38.1 Å². The van der Waals surface area contributed by atoms with E-state index in [0.717, 1.165) is 4.90 Å². The molecule has 5 rings (SSSR count). The number of hydrogen-bond acceptors (Lipinski definition) is 21. The van der Waals surface area contributed by atoms with Crippen molar-refractivity contribution in [2.24, 2.45) is 0 Å². The van der Waals surface area contributed by atoms with E-state index in [-0.39, 0.29) is 43.9 Å². The third-order valence-electron chi connectivity index (χ3n) is 12.6. The number of amides is 6. The van der Waals surface area contributed by atoms with Crippen LogP contribution in [0.5, 0.6) is 0 Å². The van der Waals surface area contributed by atoms with Gasteiger partial charge >= 0.3 is 30.5 Å². The Hall–Kier alpha value is -6.30. The Labute approximate surface area is 464 Å². The lowest BCUT2D eigenvalue weighted by Gasteiger charge is -2.51. The molecule has 3 fully saturated rings. The van der Waals surface area contributed by atoms with Gasteiger partial charge in [0.2, 0.25) is 6.29 Å². The SMILES string of the molecule is CN(C(=O)OC(C)(C)C)[C@@H]1[C@@H](O)[C@@H](O[C@@H]2[C@@H](O)[C@H](O[C@H]3OC(CNC(=O)OCc4ccc([N+](=O)[O-])cc4)=CC[C@H]3NC(=O)OC(C)(C)C)[C@@H](NC(=O)OC(C)(C)C)C[C@H]2NC(=O)C2(O)CC(NC(=O)OC(C)(C)C)C2)OC[C@]1(C)O. The van der Waals surface area contributed by atoms with Gasteiger partial charge in [-0.05, 0) is 127 Å². The van der Waals surface area contributed by atoms with Crippen LogP contribution in [-0.4, -0.2) is 188 Å². The van der Waals surface area contributed by atoms with E-state index in [0.29, 0.717) is 5.56 Å². The maximum absolute atomic E-state index is 14.3. The number of aliphatic hydroxyl groups is 4. The van der Waals surface area contributed by atoms with Gasteiger partial charge in [0.25, 0.3) is 11.6 Å². The van der Waals surface area contributed by atoms with E-state index in [1.54, 1.807) is 83.1 Å². The first-order valence-electron chi connectivity index (χ1n) is 26.2. The summed E-state index contributed by atoms with van der Waals surface area (Å²) >= 11 is 0. The minimum absolute atomic E-state index is 0.0404. The number of non-ortho nitro benzene ring substituents is 1. The van der Waals surface area contributed by atoms with Crippen molar-refractivity contribution in [3.8, 4) is 0 Å². The molecule has 28 heteroatoms. The van der Waals surface area contributed by atoms with Crippen molar-refractivity contribution in [1.29, 1.82) is 0 Å². The molecular weight excluding hydrogens is 1060 g/mol. The first kappa shape index (κ1) is 64.5. The Kier molecular flexibility index (Phi) is 20.4. The van der Waals surface area contributed by atoms with Gasteiger partial charge in [0.05, 0.1) is 42.2 Å². The van der Waals surface area contributed by atoms with Crippen molar-refractivity contribution in [1.82, 2.24) is 31.5 Å². The number of aliphatic hydroxyl groups excluding tert-OH is 2. The number of carbonyl (C=O) groups is 6. The van der Waals surface area contributed by atoms with E-state index >= 15 is 0 Å². The number of nitrogens with one attached hydrogen (secondary N) is 5. The van der Waals surface area contributed by atoms with Gasteiger partial charge in [-0.2, -0.15) is 0 Å². The van der Waals surface area contributed by atoms with Crippen LogP contribution < -0.4 is 26.6 Å². The summed E-state index contributed by atoms with van der Waals surface area (Å²) in [6.07, 6.45) is -14.6. The fraction of sp³-hybridized carbons (Fsp3) is 0.731. The molecule has 2 heterocycles. The molecule has 0 unspecified atom stereocenters. The second-order valence-electron chi connectivity index (χ2n) is 24.6. The van der Waals surface area contributed by atoms with Crippen molar-refractivity contribution in [3.63, 3.8) is 0 Å². The van der Waals surface area contributed by atoms with Crippen LogP contribution in [-0.2, 0) is 54.0 Å². The standard InChI is InChI=1S/C52H81N7O21/c1-47(2,3)77-43(64)54-28-22-52(69,23-28)41(62)55-32-21-33(57-45(66)79-49(7,8)9)37(34(60)36(32)76-40-35(61)38(51(13,68)26-73-40)58(14)46(67)80-50(10,11)12)75-39-31(56-44(65)78-48(4,5)6)20-19-30(74-39)24-53-42(63)72-25-27-15-17-29(18-16-27)59(70)71/h15-19,28,31-40,60-61,68-69H,20-26H2,1-14H3,(H,53,63)(H,54,64)(H,55,62)(H,56,65)(H,57,66)/t28?,31-,32-,33+,34-,35-,36+,37-,38-,39-,40-,51+,52?/m1/s1. The van der Waals surface area contributed by atoms with Crippen molar-refractivity contribution in [2.75, 3.05) is 20.2 Å². The van der Waals surface area contributed by atoms with E-state index in [9.17, 15) is 59.3 Å². The lowest BCUT2D eigenvalue weighted by Crippen LogP contribution is -2.72. The lowest BCUT2D eigenvalue weighted by atomic mass is 9.74. The minimum Gasteiger partial charge on any atom is -0.465 e. The smallest absolute Gasteiger partial charge is 0.410 e. The lowest BCUT2D eigenvalue weighted by molar-refractivity contribution is -0.384. The number of hydrogen-bond donors (Lipinski definition) is 9. The molecule has 2 saturated carbocycles. The monoisotopic (exact) mass is 1140 g/mol. The molecule has 9 N–H and O–H groups in total. The second kappa shape index (κ2) is 25.2. The molecule has 1 aromatic rings. The molecular formula is C52H81N7O21. The zero-order chi connectivity index (χ0) is 60.1. The number of nitro benzene ring substituents is 1. The predicted octanol–water partition coefficient (Wildman–Crippen LogP) is 3.38. The average Bonchev–Trinajstić information content (AvgIpc) is 3.28. The predicted molar refractivity (Wildman–Crippen MR) is 279 cm³/mol. The number of benzene rings is 1. The van der Waals surface area contributed by atoms with Crippen LogP contribution in [0.25, 0.3) is 0 Å². The average molecular weight is 1140 g/mol. The molecule has 0 radical (unpaired) electrons. The summed E-state index contributed by atoms with van der Waals surface area (Å²) in [5.41, 5.74) is -7.58. The molecule has 1 aromatic carbocycles. The summed E-state index contributed by atoms with van der Waals surface area (Å²) in [4.78, 5) is 91.7. The molecule has 2 aliphatic heterocycles. The summed E-state index contributed by atoms with van der Waals surface area (Å²) in [5, 5.41) is 72.3. The number of ether oxygens (including phenoxy) is 9. The highest BCUT2D eigenvalue weighted by Gasteiger charge is 2.57. The summed E-state index contributed by atoms with van der Waals surface area (Å²) in [6.45, 7) is 19.8. The largest absolute Gasteiger partial charge is 0.465 e. The van der Waals surface area contributed by atoms with Gasteiger partial charge in [-0.25, -0.2) is 24.0 Å². The molecule has 11 atom stereocenters. The maximum atomic E-state index is 14.3. The van der Waals surface area contributed by atoms with E-state index < -0.39 is 155 Å². The summed E-state index contributed by atoms with van der Waals surface area (Å²) < 4.78 is 52.5. The van der Waals surface area contributed by atoms with Crippen LogP contribution in [0.4, 0.5) is 29.7 Å². The highest BCUT2D eigenvalue weighted by Crippen LogP contribution is 2.37. The molecule has 80 heavy (non-hydrogen) atoms. The van der Waals surface area contributed by atoms with Crippen LogP contribution in [0.2, 0.25) is 0 Å². The number of nitro groups is 1. The normalized spacial score (nSPS) is 29.8. The van der Waals surface area contributed by atoms with Crippen LogP contribution in [0, 0.1) is 10.1 Å². The minimum atomic E-state index is -2.10. The van der Waals surface area contributed by atoms with Gasteiger partial charge < -0.3 is 94.5 Å². The van der Waals surface area contributed by atoms with Crippen molar-refractivity contribution < 1.29 is 96.7 Å². The quantitative estimate of drug-likeness (QED) is 0.0690. The van der Waals surface area contributed by atoms with E-state index in [1.807, 2.05) is 0 Å². The van der Waals surface area contributed by atoms with Crippen LogP contribution in [0.1, 0.15) is 121 Å². The molecule has 0 aromatic heterocycles. The number of rotatable bonds is 15. The number of nitrogens with zero attached hydrogens (tertiary/aromatic N) is 2.